The first-order valence-electron chi connectivity index (χ1n) is 5.13. The molecule has 5 nitrogen and oxygen atoms in total. The van der Waals surface area contributed by atoms with Crippen molar-refractivity contribution in [1.82, 2.24) is 15.0 Å². The Bertz CT molecular complexity index is 504. The molecule has 17 heavy (non-hydrogen) atoms. The van der Waals surface area contributed by atoms with Gasteiger partial charge in [-0.05, 0) is 12.1 Å². The molecule has 5 heteroatoms. The van der Waals surface area contributed by atoms with Crippen molar-refractivity contribution in [3.05, 3.63) is 48.2 Å². The van der Waals surface area contributed by atoms with Gasteiger partial charge in [-0.2, -0.15) is 5.26 Å². The monoisotopic (exact) mass is 226 g/mol. The molecule has 2 aromatic rings. The molecule has 0 atom stereocenters. The highest BCUT2D eigenvalue weighted by Gasteiger charge is 1.98. The van der Waals surface area contributed by atoms with Crippen LogP contribution in [-0.4, -0.2) is 21.6 Å². The van der Waals surface area contributed by atoms with E-state index in [-0.39, 0.29) is 5.69 Å². The fraction of sp³-hybridized carbons (Fsp3) is 0.167. The highest BCUT2D eigenvalue weighted by Crippen LogP contribution is 2.04. The molecule has 2 aromatic heterocycles. The standard InChI is InChI=1S/C12H10N4O/c13-7-11-8-16-12(9-15-11)17-6-4-10-3-1-2-5-14-10/h1-3,5,8-9H,4,6H2. The highest BCUT2D eigenvalue weighted by atomic mass is 16.5. The van der Waals surface area contributed by atoms with Gasteiger partial charge in [0.25, 0.3) is 0 Å². The minimum Gasteiger partial charge on any atom is -0.476 e. The van der Waals surface area contributed by atoms with Crippen molar-refractivity contribution in [2.24, 2.45) is 0 Å². The summed E-state index contributed by atoms with van der Waals surface area (Å²) in [6.45, 7) is 0.484. The van der Waals surface area contributed by atoms with E-state index in [1.165, 1.54) is 12.4 Å². The topological polar surface area (TPSA) is 71.7 Å². The van der Waals surface area contributed by atoms with E-state index in [0.717, 1.165) is 5.69 Å². The van der Waals surface area contributed by atoms with E-state index < -0.39 is 0 Å². The first-order valence-corrected chi connectivity index (χ1v) is 5.13. The summed E-state index contributed by atoms with van der Waals surface area (Å²) in [6.07, 6.45) is 5.28. The molecule has 2 heterocycles. The molecule has 0 spiro atoms. The van der Waals surface area contributed by atoms with Crippen molar-refractivity contribution < 1.29 is 4.74 Å². The van der Waals surface area contributed by atoms with Crippen LogP contribution in [0.25, 0.3) is 0 Å². The molecule has 2 rings (SSSR count). The number of aromatic nitrogens is 3. The minimum atomic E-state index is 0.280. The Kier molecular flexibility index (Phi) is 3.61. The van der Waals surface area contributed by atoms with Gasteiger partial charge in [-0.15, -0.1) is 0 Å². The third kappa shape index (κ3) is 3.24. The molecule has 84 valence electrons. The first kappa shape index (κ1) is 11.0. The molecule has 0 saturated heterocycles. The average Bonchev–Trinajstić information content (AvgIpc) is 2.41. The van der Waals surface area contributed by atoms with Crippen LogP contribution < -0.4 is 4.74 Å². The summed E-state index contributed by atoms with van der Waals surface area (Å²) in [5.74, 6) is 0.417. The van der Waals surface area contributed by atoms with Gasteiger partial charge in [0.05, 0.1) is 19.0 Å². The van der Waals surface area contributed by atoms with E-state index in [0.29, 0.717) is 18.9 Å². The number of nitrogens with zero attached hydrogens (tertiary/aromatic N) is 4. The van der Waals surface area contributed by atoms with Gasteiger partial charge in [0.2, 0.25) is 5.88 Å². The molecular formula is C12H10N4O. The lowest BCUT2D eigenvalue weighted by Gasteiger charge is -2.03. The fourth-order valence-electron chi connectivity index (χ4n) is 1.25. The normalized spacial score (nSPS) is 9.59. The van der Waals surface area contributed by atoms with Crippen LogP contribution in [0.2, 0.25) is 0 Å². The summed E-state index contributed by atoms with van der Waals surface area (Å²) in [6, 6.07) is 7.64. The smallest absolute Gasteiger partial charge is 0.232 e. The van der Waals surface area contributed by atoms with Crippen molar-refractivity contribution in [3.8, 4) is 11.9 Å². The van der Waals surface area contributed by atoms with E-state index in [4.69, 9.17) is 10.00 Å². The average molecular weight is 226 g/mol. The molecular weight excluding hydrogens is 216 g/mol. The van der Waals surface area contributed by atoms with Crippen molar-refractivity contribution in [1.29, 1.82) is 5.26 Å². The van der Waals surface area contributed by atoms with Crippen LogP contribution in [0, 0.1) is 11.3 Å². The maximum atomic E-state index is 8.55. The quantitative estimate of drug-likeness (QED) is 0.787. The van der Waals surface area contributed by atoms with Crippen LogP contribution in [0.15, 0.2) is 36.8 Å². The number of ether oxygens (including phenoxy) is 1. The van der Waals surface area contributed by atoms with Gasteiger partial charge in [-0.3, -0.25) is 4.98 Å². The van der Waals surface area contributed by atoms with Gasteiger partial charge in [-0.25, -0.2) is 9.97 Å². The zero-order chi connectivity index (χ0) is 11.9. The molecule has 0 radical (unpaired) electrons. The van der Waals surface area contributed by atoms with Crippen molar-refractivity contribution in [2.45, 2.75) is 6.42 Å². The van der Waals surface area contributed by atoms with Crippen molar-refractivity contribution in [2.75, 3.05) is 6.61 Å². The first-order chi connectivity index (χ1) is 8.38. The molecule has 0 unspecified atom stereocenters. The number of nitriles is 1. The third-order valence-electron chi connectivity index (χ3n) is 2.08. The summed E-state index contributed by atoms with van der Waals surface area (Å²) in [5, 5.41) is 8.55. The SMILES string of the molecule is N#Cc1cnc(OCCc2ccccn2)cn1. The van der Waals surface area contributed by atoms with Crippen LogP contribution in [-0.2, 0) is 6.42 Å². The maximum Gasteiger partial charge on any atom is 0.232 e. The van der Waals surface area contributed by atoms with Crippen molar-refractivity contribution >= 4 is 0 Å². The van der Waals surface area contributed by atoms with E-state index in [2.05, 4.69) is 15.0 Å². The summed E-state index contributed by atoms with van der Waals surface area (Å²) in [5.41, 5.74) is 1.25. The zero-order valence-corrected chi connectivity index (χ0v) is 9.08. The Hall–Kier alpha value is -2.48. The van der Waals surface area contributed by atoms with Gasteiger partial charge in [0.1, 0.15) is 6.07 Å². The molecule has 0 bridgehead atoms. The Morgan fingerprint density at radius 3 is 2.76 bits per heavy atom. The molecule has 0 aliphatic heterocycles. The van der Waals surface area contributed by atoms with E-state index in [1.807, 2.05) is 24.3 Å². The van der Waals surface area contributed by atoms with Gasteiger partial charge in [0, 0.05) is 18.3 Å². The molecule has 0 N–H and O–H groups in total. The van der Waals surface area contributed by atoms with Crippen LogP contribution >= 0.6 is 0 Å². The van der Waals surface area contributed by atoms with E-state index in [1.54, 1.807) is 6.20 Å². The van der Waals surface area contributed by atoms with Crippen LogP contribution in [0.5, 0.6) is 5.88 Å². The predicted molar refractivity (Wildman–Crippen MR) is 60.2 cm³/mol. The van der Waals surface area contributed by atoms with Crippen LogP contribution in [0.3, 0.4) is 0 Å². The predicted octanol–water partition coefficient (Wildman–Crippen LogP) is 1.36. The molecule has 0 aromatic carbocycles. The molecule has 0 amide bonds. The third-order valence-corrected chi connectivity index (χ3v) is 2.08. The second kappa shape index (κ2) is 5.56. The second-order valence-electron chi connectivity index (χ2n) is 3.27. The molecule has 0 aliphatic carbocycles. The lowest BCUT2D eigenvalue weighted by molar-refractivity contribution is 0.306. The van der Waals surface area contributed by atoms with Crippen LogP contribution in [0.4, 0.5) is 0 Å². The van der Waals surface area contributed by atoms with Crippen LogP contribution in [0.1, 0.15) is 11.4 Å². The number of hydrogen-bond donors (Lipinski definition) is 0. The molecule has 0 aliphatic rings. The maximum absolute atomic E-state index is 8.55. The largest absolute Gasteiger partial charge is 0.476 e. The lowest BCUT2D eigenvalue weighted by atomic mass is 10.3. The Morgan fingerprint density at radius 2 is 2.12 bits per heavy atom. The Labute approximate surface area is 98.7 Å². The Balaban J connectivity index is 1.84. The molecule has 0 fully saturated rings. The van der Waals surface area contributed by atoms with Gasteiger partial charge < -0.3 is 4.74 Å². The molecule has 0 saturated carbocycles. The summed E-state index contributed by atoms with van der Waals surface area (Å²) in [7, 11) is 0. The number of hydrogen-bond acceptors (Lipinski definition) is 5. The number of rotatable bonds is 4. The summed E-state index contributed by atoms with van der Waals surface area (Å²) in [4.78, 5) is 12.0. The second-order valence-corrected chi connectivity index (χ2v) is 3.27. The van der Waals surface area contributed by atoms with Crippen molar-refractivity contribution in [3.63, 3.8) is 0 Å². The summed E-state index contributed by atoms with van der Waals surface area (Å²) < 4.78 is 5.39. The number of pyridine rings is 1. The summed E-state index contributed by atoms with van der Waals surface area (Å²) >= 11 is 0. The van der Waals surface area contributed by atoms with Gasteiger partial charge in [-0.1, -0.05) is 6.07 Å². The minimum absolute atomic E-state index is 0.280. The highest BCUT2D eigenvalue weighted by molar-refractivity contribution is 5.18. The van der Waals surface area contributed by atoms with E-state index >= 15 is 0 Å². The zero-order valence-electron chi connectivity index (χ0n) is 9.08. The Morgan fingerprint density at radius 1 is 1.18 bits per heavy atom. The fourth-order valence-corrected chi connectivity index (χ4v) is 1.25. The van der Waals surface area contributed by atoms with Gasteiger partial charge >= 0.3 is 0 Å². The van der Waals surface area contributed by atoms with E-state index in [9.17, 15) is 0 Å². The lowest BCUT2D eigenvalue weighted by Crippen LogP contribution is -2.04. The van der Waals surface area contributed by atoms with Gasteiger partial charge in [0.15, 0.2) is 5.69 Å².